The first kappa shape index (κ1) is 51.9. The van der Waals surface area contributed by atoms with Gasteiger partial charge in [0.2, 0.25) is 0 Å². The van der Waals surface area contributed by atoms with Crippen LogP contribution in [0.15, 0.2) is 364 Å². The van der Waals surface area contributed by atoms with Crippen LogP contribution in [0.1, 0.15) is 89.0 Å². The number of rotatable bonds is 9. The minimum atomic E-state index is -0.774. The summed E-state index contributed by atoms with van der Waals surface area (Å²) in [5, 5.41) is 0. The van der Waals surface area contributed by atoms with Gasteiger partial charge in [-0.3, -0.25) is 0 Å². The summed E-state index contributed by atoms with van der Waals surface area (Å²) in [6, 6.07) is 138. The van der Waals surface area contributed by atoms with Crippen molar-refractivity contribution in [2.75, 3.05) is 9.80 Å². The Morgan fingerprint density at radius 1 is 0.156 bits per heavy atom. The Bertz CT molecular complexity index is 4570. The van der Waals surface area contributed by atoms with Crippen molar-refractivity contribution < 1.29 is 0 Å². The molecule has 18 rings (SSSR count). The van der Waals surface area contributed by atoms with Gasteiger partial charge in [-0.05, 0) is 137 Å². The Hall–Kier alpha value is -11.3. The smallest absolute Gasteiger partial charge is 0.0742 e. The number of hydrogen-bond donors (Lipinski definition) is 0. The maximum absolute atomic E-state index is 2.61. The van der Waals surface area contributed by atoms with E-state index in [2.05, 4.69) is 374 Å². The highest BCUT2D eigenvalue weighted by Crippen LogP contribution is 2.68. The SMILES string of the molecule is c1ccc(C2(c3ccccc3)c3ccccc3N3c4ccc(-c5ccc6c(c5)C(c5ccccc5)(c5ccccc5)c5cccc7c5N6c5ccccc5C7(c5ccccc5)c5ccccc5)cc4C(c4ccccc4)(c4ccccc4)c4cccc2c43)cc1. The molecule has 0 fully saturated rings. The quantitative estimate of drug-likeness (QED) is 0.142. The van der Waals surface area contributed by atoms with Crippen molar-refractivity contribution in [2.45, 2.75) is 21.7 Å². The third-order valence-electron chi connectivity index (χ3n) is 20.5. The van der Waals surface area contributed by atoms with Crippen LogP contribution in [-0.4, -0.2) is 0 Å². The fourth-order valence-corrected chi connectivity index (χ4v) is 17.2. The third-order valence-corrected chi connectivity index (χ3v) is 20.5. The third kappa shape index (κ3) is 6.88. The lowest BCUT2D eigenvalue weighted by Gasteiger charge is -2.53. The molecule has 0 N–H and O–H groups in total. The van der Waals surface area contributed by atoms with Gasteiger partial charge in [0.25, 0.3) is 0 Å². The first-order valence-electron chi connectivity index (χ1n) is 31.5. The molecule has 0 aromatic heterocycles. The van der Waals surface area contributed by atoms with E-state index in [1.165, 1.54) is 112 Å². The molecule has 14 aromatic carbocycles. The van der Waals surface area contributed by atoms with Gasteiger partial charge >= 0.3 is 0 Å². The van der Waals surface area contributed by atoms with Gasteiger partial charge in [0, 0.05) is 0 Å². The van der Waals surface area contributed by atoms with Crippen LogP contribution in [0.4, 0.5) is 34.1 Å². The van der Waals surface area contributed by atoms with Crippen molar-refractivity contribution in [2.24, 2.45) is 0 Å². The Balaban J connectivity index is 0.938. The predicted octanol–water partition coefficient (Wildman–Crippen LogP) is 21.1. The van der Waals surface area contributed by atoms with Crippen molar-refractivity contribution in [1.82, 2.24) is 0 Å². The maximum atomic E-state index is 2.61. The largest absolute Gasteiger partial charge is 0.309 e. The van der Waals surface area contributed by atoms with E-state index in [0.717, 1.165) is 22.5 Å². The minimum absolute atomic E-state index is 0.649. The van der Waals surface area contributed by atoms with Crippen molar-refractivity contribution in [3.63, 3.8) is 0 Å². The average molecular weight is 1150 g/mol. The Morgan fingerprint density at radius 3 is 0.611 bits per heavy atom. The highest BCUT2D eigenvalue weighted by molar-refractivity contribution is 6.00. The molecule has 0 unspecified atom stereocenters. The molecule has 0 aliphatic carbocycles. The number of anilines is 6. The fraction of sp³-hybridized carbons (Fsp3) is 0.0455. The van der Waals surface area contributed by atoms with E-state index in [0.29, 0.717) is 0 Å². The summed E-state index contributed by atoms with van der Waals surface area (Å²) in [5.74, 6) is 0. The van der Waals surface area contributed by atoms with Crippen molar-refractivity contribution >= 4 is 34.1 Å². The Kier molecular flexibility index (Phi) is 11.6. The highest BCUT2D eigenvalue weighted by atomic mass is 15.2. The molecule has 4 heterocycles. The van der Waals surface area contributed by atoms with E-state index in [1.54, 1.807) is 0 Å². The summed E-state index contributed by atoms with van der Waals surface area (Å²) in [6.45, 7) is 0. The normalized spacial score (nSPS) is 15.2. The number of para-hydroxylation sites is 4. The number of benzene rings is 14. The van der Waals surface area contributed by atoms with Gasteiger partial charge in [0.1, 0.15) is 0 Å². The van der Waals surface area contributed by atoms with E-state index in [1.807, 2.05) is 0 Å². The van der Waals surface area contributed by atoms with Crippen LogP contribution in [0.25, 0.3) is 11.1 Å². The zero-order valence-electron chi connectivity index (χ0n) is 49.5. The van der Waals surface area contributed by atoms with E-state index < -0.39 is 21.7 Å². The van der Waals surface area contributed by atoms with Crippen LogP contribution in [0.2, 0.25) is 0 Å². The molecule has 0 spiro atoms. The van der Waals surface area contributed by atoms with E-state index >= 15 is 0 Å². The molecule has 2 nitrogen and oxygen atoms in total. The molecule has 0 saturated carbocycles. The van der Waals surface area contributed by atoms with Crippen molar-refractivity contribution in [1.29, 1.82) is 0 Å². The summed E-state index contributed by atoms with van der Waals surface area (Å²) in [6.07, 6.45) is 0. The van der Waals surface area contributed by atoms with Crippen LogP contribution in [-0.2, 0) is 21.7 Å². The number of hydrogen-bond acceptors (Lipinski definition) is 2. The van der Waals surface area contributed by atoms with Crippen LogP contribution in [0.3, 0.4) is 0 Å². The predicted molar refractivity (Wildman–Crippen MR) is 369 cm³/mol. The van der Waals surface area contributed by atoms with E-state index in [9.17, 15) is 0 Å². The minimum Gasteiger partial charge on any atom is -0.309 e. The molecular formula is C88H60N2. The monoisotopic (exact) mass is 1140 g/mol. The fourth-order valence-electron chi connectivity index (χ4n) is 17.2. The zero-order valence-corrected chi connectivity index (χ0v) is 49.5. The molecule has 422 valence electrons. The van der Waals surface area contributed by atoms with E-state index in [4.69, 9.17) is 0 Å². The highest BCUT2D eigenvalue weighted by Gasteiger charge is 2.56. The molecule has 4 aliphatic rings. The van der Waals surface area contributed by atoms with Gasteiger partial charge in [-0.2, -0.15) is 0 Å². The second kappa shape index (κ2) is 20.1. The average Bonchev–Trinajstić information content (AvgIpc) is 0.677. The number of nitrogens with zero attached hydrogens (tertiary/aromatic N) is 2. The Labute approximate surface area is 526 Å². The molecule has 0 radical (unpaired) electrons. The lowest BCUT2D eigenvalue weighted by atomic mass is 9.57. The zero-order chi connectivity index (χ0) is 59.4. The molecule has 0 amide bonds. The van der Waals surface area contributed by atoms with Gasteiger partial charge < -0.3 is 9.80 Å². The van der Waals surface area contributed by atoms with Crippen LogP contribution in [0, 0.1) is 0 Å². The maximum Gasteiger partial charge on any atom is 0.0742 e. The van der Waals surface area contributed by atoms with Gasteiger partial charge in [-0.25, -0.2) is 0 Å². The van der Waals surface area contributed by atoms with Gasteiger partial charge in [0.05, 0.1) is 55.8 Å². The van der Waals surface area contributed by atoms with Gasteiger partial charge in [-0.15, -0.1) is 0 Å². The molecule has 90 heavy (non-hydrogen) atoms. The topological polar surface area (TPSA) is 6.48 Å². The van der Waals surface area contributed by atoms with Crippen LogP contribution < -0.4 is 9.80 Å². The molecule has 4 aliphatic heterocycles. The van der Waals surface area contributed by atoms with Crippen molar-refractivity contribution in [3.8, 4) is 11.1 Å². The van der Waals surface area contributed by atoms with Crippen LogP contribution >= 0.6 is 0 Å². The molecule has 2 heteroatoms. The first-order chi connectivity index (χ1) is 44.7. The second-order valence-electron chi connectivity index (χ2n) is 24.5. The summed E-state index contributed by atoms with van der Waals surface area (Å²) >= 11 is 0. The molecule has 14 aromatic rings. The van der Waals surface area contributed by atoms with Crippen molar-refractivity contribution in [3.05, 3.63) is 453 Å². The summed E-state index contributed by atoms with van der Waals surface area (Å²) in [5.41, 5.74) is 26.2. The lowest BCUT2D eigenvalue weighted by molar-refractivity contribution is 0.689. The standard InChI is InChI=1S/C88H60N2/c1-9-31-63(32-10-1)85(64-33-11-2-12-34-64)71-47-25-27-53-79(71)89-81-57-55-61(59-77(81)87(67-39-17-5-18-40-67,68-41-19-6-20-42-68)75-51-29-49-73(85)83(75)89)62-56-58-82-78(60-62)88(69-43-21-7-22-44-69,70-45-23-8-24-46-70)76-52-30-50-74-84(76)90(82)80-54-28-26-48-72(80)86(74,65-35-13-3-14-36-65)66-37-15-4-16-38-66/h1-60H. The first-order valence-corrected chi connectivity index (χ1v) is 31.5. The lowest BCUT2D eigenvalue weighted by Crippen LogP contribution is -2.44. The molecule has 0 saturated heterocycles. The summed E-state index contributed by atoms with van der Waals surface area (Å²) in [7, 11) is 0. The Morgan fingerprint density at radius 2 is 0.356 bits per heavy atom. The summed E-state index contributed by atoms with van der Waals surface area (Å²) in [4.78, 5) is 5.23. The molecular weight excluding hydrogens is 1080 g/mol. The van der Waals surface area contributed by atoms with Gasteiger partial charge in [0.15, 0.2) is 0 Å². The summed E-state index contributed by atoms with van der Waals surface area (Å²) < 4.78 is 0. The second-order valence-corrected chi connectivity index (χ2v) is 24.5. The van der Waals surface area contributed by atoms with E-state index in [-0.39, 0.29) is 0 Å². The molecule has 0 atom stereocenters. The van der Waals surface area contributed by atoms with Crippen LogP contribution in [0.5, 0.6) is 0 Å². The number of fused-ring (bicyclic) bond motifs is 8. The molecule has 0 bridgehead atoms. The van der Waals surface area contributed by atoms with Gasteiger partial charge in [-0.1, -0.05) is 328 Å².